The lowest BCUT2D eigenvalue weighted by atomic mass is 10.1. The highest BCUT2D eigenvalue weighted by atomic mass is 32.2. The molecule has 0 aliphatic carbocycles. The molecule has 1 rings (SSSR count). The van der Waals surface area contributed by atoms with E-state index in [0.29, 0.717) is 0 Å². The Morgan fingerprint density at radius 3 is 3.00 bits per heavy atom. The summed E-state index contributed by atoms with van der Waals surface area (Å²) in [6.07, 6.45) is 7.40. The zero-order chi connectivity index (χ0) is 9.68. The first-order valence-electron chi connectivity index (χ1n) is 4.68. The van der Waals surface area contributed by atoms with Crippen LogP contribution in [0.2, 0.25) is 0 Å². The average molecular weight is 198 g/mol. The monoisotopic (exact) mass is 198 g/mol. The summed E-state index contributed by atoms with van der Waals surface area (Å²) >= 11 is 1.87. The van der Waals surface area contributed by atoms with E-state index in [1.54, 1.807) is 0 Å². The molecular weight excluding hydrogens is 180 g/mol. The molecule has 0 aliphatic rings. The van der Waals surface area contributed by atoms with Crippen molar-refractivity contribution >= 4 is 11.8 Å². The van der Waals surface area contributed by atoms with Gasteiger partial charge in [-0.1, -0.05) is 6.92 Å². The molecule has 1 heterocycles. The summed E-state index contributed by atoms with van der Waals surface area (Å²) in [4.78, 5) is 0. The maximum Gasteiger partial charge on any atom is 0.0310 e. The highest BCUT2D eigenvalue weighted by molar-refractivity contribution is 7.98. The summed E-state index contributed by atoms with van der Waals surface area (Å²) in [7, 11) is 0. The molecule has 1 aromatic rings. The van der Waals surface area contributed by atoms with Crippen LogP contribution in [0.25, 0.3) is 0 Å². The SMILES string of the molecule is CCC(N)c1ccn(CCSC)c1. The summed E-state index contributed by atoms with van der Waals surface area (Å²) < 4.78 is 2.21. The lowest BCUT2D eigenvalue weighted by Gasteiger charge is -2.05. The van der Waals surface area contributed by atoms with Gasteiger partial charge in [-0.3, -0.25) is 0 Å². The summed E-state index contributed by atoms with van der Waals surface area (Å²) in [5.41, 5.74) is 7.17. The quantitative estimate of drug-likeness (QED) is 0.787. The van der Waals surface area contributed by atoms with Crippen LogP contribution in [-0.2, 0) is 6.54 Å². The van der Waals surface area contributed by atoms with Gasteiger partial charge in [0.1, 0.15) is 0 Å². The number of hydrogen-bond acceptors (Lipinski definition) is 2. The first-order chi connectivity index (χ1) is 6.27. The molecule has 1 unspecified atom stereocenters. The molecule has 0 radical (unpaired) electrons. The van der Waals surface area contributed by atoms with Gasteiger partial charge in [0.15, 0.2) is 0 Å². The van der Waals surface area contributed by atoms with Gasteiger partial charge in [-0.05, 0) is 24.3 Å². The fraction of sp³-hybridized carbons (Fsp3) is 0.600. The molecule has 1 aromatic heterocycles. The highest BCUT2D eigenvalue weighted by Crippen LogP contribution is 2.13. The molecule has 0 aromatic carbocycles. The molecule has 74 valence electrons. The Labute approximate surface area is 84.5 Å². The second-order valence-corrected chi connectivity index (χ2v) is 4.18. The standard InChI is InChI=1S/C10H18N2S/c1-3-10(11)9-4-5-12(8-9)6-7-13-2/h4-5,8,10H,3,6-7,11H2,1-2H3. The number of rotatable bonds is 5. The molecule has 13 heavy (non-hydrogen) atoms. The van der Waals surface area contributed by atoms with Crippen LogP contribution in [0.3, 0.4) is 0 Å². The summed E-state index contributed by atoms with van der Waals surface area (Å²) in [6.45, 7) is 3.20. The maximum absolute atomic E-state index is 5.92. The smallest absolute Gasteiger partial charge is 0.0310 e. The van der Waals surface area contributed by atoms with Crippen molar-refractivity contribution in [3.8, 4) is 0 Å². The minimum absolute atomic E-state index is 0.204. The van der Waals surface area contributed by atoms with E-state index in [2.05, 4.69) is 36.2 Å². The maximum atomic E-state index is 5.92. The third kappa shape index (κ3) is 3.08. The molecule has 0 bridgehead atoms. The molecule has 0 saturated heterocycles. The zero-order valence-corrected chi connectivity index (χ0v) is 9.18. The van der Waals surface area contributed by atoms with E-state index >= 15 is 0 Å². The fourth-order valence-corrected chi connectivity index (χ4v) is 1.64. The van der Waals surface area contributed by atoms with Crippen LogP contribution in [0.4, 0.5) is 0 Å². The van der Waals surface area contributed by atoms with E-state index in [1.165, 1.54) is 5.56 Å². The van der Waals surface area contributed by atoms with E-state index in [1.807, 2.05) is 11.8 Å². The number of aromatic nitrogens is 1. The third-order valence-corrected chi connectivity index (χ3v) is 2.79. The first-order valence-corrected chi connectivity index (χ1v) is 6.07. The normalized spacial score (nSPS) is 13.2. The second-order valence-electron chi connectivity index (χ2n) is 3.19. The molecule has 0 amide bonds. The second kappa shape index (κ2) is 5.35. The Hall–Kier alpha value is -0.410. The van der Waals surface area contributed by atoms with E-state index in [0.717, 1.165) is 18.7 Å². The van der Waals surface area contributed by atoms with E-state index in [4.69, 9.17) is 5.73 Å². The third-order valence-electron chi connectivity index (χ3n) is 2.19. The van der Waals surface area contributed by atoms with Crippen LogP contribution in [-0.4, -0.2) is 16.6 Å². The van der Waals surface area contributed by atoms with Crippen LogP contribution >= 0.6 is 11.8 Å². The average Bonchev–Trinajstić information content (AvgIpc) is 2.62. The van der Waals surface area contributed by atoms with Gasteiger partial charge in [-0.25, -0.2) is 0 Å². The number of hydrogen-bond donors (Lipinski definition) is 1. The molecule has 0 fully saturated rings. The Morgan fingerprint density at radius 2 is 2.38 bits per heavy atom. The van der Waals surface area contributed by atoms with Crippen LogP contribution < -0.4 is 5.73 Å². The molecule has 0 saturated carbocycles. The molecule has 2 N–H and O–H groups in total. The van der Waals surface area contributed by atoms with Crippen molar-refractivity contribution in [2.75, 3.05) is 12.0 Å². The van der Waals surface area contributed by atoms with Crippen molar-refractivity contribution in [3.63, 3.8) is 0 Å². The van der Waals surface area contributed by atoms with E-state index in [-0.39, 0.29) is 6.04 Å². The largest absolute Gasteiger partial charge is 0.353 e. The molecule has 0 spiro atoms. The minimum Gasteiger partial charge on any atom is -0.353 e. The number of nitrogens with zero attached hydrogens (tertiary/aromatic N) is 1. The Morgan fingerprint density at radius 1 is 1.62 bits per heavy atom. The van der Waals surface area contributed by atoms with Crippen LogP contribution in [0.5, 0.6) is 0 Å². The lowest BCUT2D eigenvalue weighted by Crippen LogP contribution is -2.07. The molecule has 2 nitrogen and oxygen atoms in total. The predicted molar refractivity (Wildman–Crippen MR) is 60.0 cm³/mol. The number of thioether (sulfide) groups is 1. The van der Waals surface area contributed by atoms with Gasteiger partial charge in [0.25, 0.3) is 0 Å². The number of nitrogens with two attached hydrogens (primary N) is 1. The van der Waals surface area contributed by atoms with Crippen molar-refractivity contribution in [2.24, 2.45) is 5.73 Å². The Kier molecular flexibility index (Phi) is 4.39. The topological polar surface area (TPSA) is 30.9 Å². The van der Waals surface area contributed by atoms with Gasteiger partial charge in [-0.15, -0.1) is 0 Å². The van der Waals surface area contributed by atoms with Crippen LogP contribution in [0.1, 0.15) is 24.9 Å². The minimum atomic E-state index is 0.204. The van der Waals surface area contributed by atoms with Gasteiger partial charge in [0, 0.05) is 30.7 Å². The van der Waals surface area contributed by atoms with Crippen molar-refractivity contribution in [1.82, 2.24) is 4.57 Å². The molecule has 1 atom stereocenters. The lowest BCUT2D eigenvalue weighted by molar-refractivity contribution is 0.691. The zero-order valence-electron chi connectivity index (χ0n) is 8.36. The summed E-state index contributed by atoms with van der Waals surface area (Å²) in [6, 6.07) is 2.32. The molecule has 0 aliphatic heterocycles. The molecular formula is C10H18N2S. The fourth-order valence-electron chi connectivity index (χ4n) is 1.25. The summed E-state index contributed by atoms with van der Waals surface area (Å²) in [5.74, 6) is 1.16. The Bertz CT molecular complexity index is 245. The highest BCUT2D eigenvalue weighted by Gasteiger charge is 2.03. The molecule has 3 heteroatoms. The van der Waals surface area contributed by atoms with Crippen LogP contribution in [0, 0.1) is 0 Å². The van der Waals surface area contributed by atoms with Gasteiger partial charge in [-0.2, -0.15) is 11.8 Å². The summed E-state index contributed by atoms with van der Waals surface area (Å²) in [5, 5.41) is 0. The Balaban J connectivity index is 2.53. The van der Waals surface area contributed by atoms with Gasteiger partial charge >= 0.3 is 0 Å². The number of aryl methyl sites for hydroxylation is 1. The van der Waals surface area contributed by atoms with Crippen molar-refractivity contribution in [1.29, 1.82) is 0 Å². The van der Waals surface area contributed by atoms with E-state index in [9.17, 15) is 0 Å². The predicted octanol–water partition coefficient (Wildman–Crippen LogP) is 2.26. The van der Waals surface area contributed by atoms with Crippen molar-refractivity contribution < 1.29 is 0 Å². The van der Waals surface area contributed by atoms with Gasteiger partial charge in [0.05, 0.1) is 0 Å². The van der Waals surface area contributed by atoms with Crippen molar-refractivity contribution in [3.05, 3.63) is 24.0 Å². The van der Waals surface area contributed by atoms with Gasteiger partial charge in [0.2, 0.25) is 0 Å². The van der Waals surface area contributed by atoms with Crippen LogP contribution in [0.15, 0.2) is 18.5 Å². The van der Waals surface area contributed by atoms with E-state index < -0.39 is 0 Å². The first kappa shape index (κ1) is 10.7. The van der Waals surface area contributed by atoms with Gasteiger partial charge < -0.3 is 10.3 Å². The van der Waals surface area contributed by atoms with Crippen molar-refractivity contribution in [2.45, 2.75) is 25.9 Å².